The second-order valence-corrected chi connectivity index (χ2v) is 18.7. The summed E-state index contributed by atoms with van der Waals surface area (Å²) in [6, 6.07) is 13.2. The maximum absolute atomic E-state index is 13.5. The quantitative estimate of drug-likeness (QED) is 0.0354. The number of pyridine rings is 2. The number of nitrogens with two attached hydrogens (primary N) is 1. The van der Waals surface area contributed by atoms with Gasteiger partial charge in [-0.1, -0.05) is 36.8 Å². The van der Waals surface area contributed by atoms with Crippen LogP contribution < -0.4 is 26.6 Å². The molecule has 20 heteroatoms. The number of unbranched alkanes of at least 4 members (excludes halogenated alkanes) is 3. The molecule has 1 unspecified atom stereocenters. The lowest BCUT2D eigenvalue weighted by molar-refractivity contribution is -0.138. The summed E-state index contributed by atoms with van der Waals surface area (Å²) in [5.41, 5.74) is 10.6. The van der Waals surface area contributed by atoms with E-state index >= 15 is 0 Å². The summed E-state index contributed by atoms with van der Waals surface area (Å²) in [5, 5.41) is 15.7. The Morgan fingerprint density at radius 2 is 1.68 bits per heavy atom. The number of amides is 6. The van der Waals surface area contributed by atoms with Crippen molar-refractivity contribution in [1.82, 2.24) is 40.6 Å². The highest BCUT2D eigenvalue weighted by molar-refractivity contribution is 6.06. The van der Waals surface area contributed by atoms with Crippen molar-refractivity contribution in [3.05, 3.63) is 101 Å². The number of carbonyl (C=O) groups is 6. The third-order valence-corrected chi connectivity index (χ3v) is 13.6. The Bertz CT molecular complexity index is 2810. The number of carbonyl (C=O) groups excluding carboxylic acids is 6. The van der Waals surface area contributed by atoms with Crippen molar-refractivity contribution in [1.29, 1.82) is 0 Å². The molecule has 17 nitrogen and oxygen atoms in total. The van der Waals surface area contributed by atoms with E-state index in [1.165, 1.54) is 12.1 Å². The van der Waals surface area contributed by atoms with Crippen LogP contribution in [-0.4, -0.2) is 112 Å². The average Bonchev–Trinajstić information content (AvgIpc) is 4.07. The van der Waals surface area contributed by atoms with Crippen LogP contribution in [0.2, 0.25) is 0 Å². The highest BCUT2D eigenvalue weighted by Crippen LogP contribution is 2.34. The number of allylic oxidation sites excluding steroid dienone is 1. The Hall–Kier alpha value is -7.64. The molecule has 2 aromatic carbocycles. The fourth-order valence-electron chi connectivity index (χ4n) is 9.46. The summed E-state index contributed by atoms with van der Waals surface area (Å²) in [6.45, 7) is 4.72. The number of imide groups is 1. The van der Waals surface area contributed by atoms with E-state index in [-0.39, 0.29) is 47.2 Å². The van der Waals surface area contributed by atoms with Gasteiger partial charge in [0.25, 0.3) is 11.8 Å². The Kier molecular flexibility index (Phi) is 18.0. The number of alkyl halides is 3. The van der Waals surface area contributed by atoms with Gasteiger partial charge in [0.15, 0.2) is 0 Å². The number of nitrogens with zero attached hydrogens (tertiary/aromatic N) is 6. The molecule has 0 spiro atoms. The standard InChI is InChI=1S/C53H62F3N11O6/c1-34-14-15-38(30-42(34)65(2)27-23-44(69)61-33-68)52(73)66-28-21-35(22-29-66)10-8-13-45(70)67-26-9-12-41(67)51(72)59-24-7-5-3-4-6-11-39-32-60-49(57)46-47(63-64-48(39)46)36-16-18-37(19-17-36)50(71)62-43-31-40(20-25-58-43)53(54,55)56/h6,11,14-20,25,30-33,35,41H,3-5,7-10,12-13,21-24,26-29H2,1-2H3,(H2,57,60)(H,59,72)(H,63,64)(H,58,62,71)(H,61,68,69)/b11-6+. The largest absolute Gasteiger partial charge is 0.416 e. The maximum Gasteiger partial charge on any atom is 0.416 e. The van der Waals surface area contributed by atoms with E-state index in [0.717, 1.165) is 92.9 Å². The van der Waals surface area contributed by atoms with Crippen LogP contribution in [-0.2, 0) is 25.4 Å². The van der Waals surface area contributed by atoms with E-state index in [0.29, 0.717) is 85.6 Å². The first kappa shape index (κ1) is 53.2. The maximum atomic E-state index is 13.5. The molecule has 7 rings (SSSR count). The molecule has 386 valence electrons. The van der Waals surface area contributed by atoms with Gasteiger partial charge in [0.2, 0.25) is 24.1 Å². The van der Waals surface area contributed by atoms with Crippen LogP contribution in [0.1, 0.15) is 114 Å². The van der Waals surface area contributed by atoms with Crippen molar-refractivity contribution < 1.29 is 41.9 Å². The summed E-state index contributed by atoms with van der Waals surface area (Å²) >= 11 is 0. The molecule has 2 saturated heterocycles. The zero-order valence-electron chi connectivity index (χ0n) is 41.1. The summed E-state index contributed by atoms with van der Waals surface area (Å²) in [4.78, 5) is 88.9. The predicted molar refractivity (Wildman–Crippen MR) is 272 cm³/mol. The highest BCUT2D eigenvalue weighted by Gasteiger charge is 2.34. The number of anilines is 3. The summed E-state index contributed by atoms with van der Waals surface area (Å²) in [6.07, 6.45) is 11.0. The number of H-pyrrole nitrogens is 1. The molecule has 5 aromatic rings. The number of nitrogens with one attached hydrogen (secondary N) is 4. The lowest BCUT2D eigenvalue weighted by Gasteiger charge is -2.32. The van der Waals surface area contributed by atoms with Gasteiger partial charge in [-0.15, -0.1) is 0 Å². The summed E-state index contributed by atoms with van der Waals surface area (Å²) in [5.74, 6) is -0.661. The molecule has 0 bridgehead atoms. The molecule has 2 fully saturated rings. The smallest absolute Gasteiger partial charge is 0.383 e. The first-order chi connectivity index (χ1) is 35.1. The van der Waals surface area contributed by atoms with Crippen molar-refractivity contribution in [2.75, 3.05) is 55.7 Å². The van der Waals surface area contributed by atoms with Crippen molar-refractivity contribution in [3.8, 4) is 11.3 Å². The Balaban J connectivity index is 0.788. The fraction of sp³-hybridized carbons (Fsp3) is 0.415. The summed E-state index contributed by atoms with van der Waals surface area (Å²) in [7, 11) is 1.85. The zero-order valence-corrected chi connectivity index (χ0v) is 41.1. The number of hydrogen-bond donors (Lipinski definition) is 5. The number of piperidine rings is 1. The first-order valence-electron chi connectivity index (χ1n) is 24.8. The van der Waals surface area contributed by atoms with Crippen LogP contribution in [0.15, 0.2) is 73.1 Å². The molecule has 0 aliphatic carbocycles. The predicted octanol–water partition coefficient (Wildman–Crippen LogP) is 7.68. The van der Waals surface area contributed by atoms with Crippen LogP contribution in [0.5, 0.6) is 0 Å². The van der Waals surface area contributed by atoms with Gasteiger partial charge in [0, 0.05) is 92.9 Å². The number of hydrogen-bond acceptors (Lipinski definition) is 11. The average molecular weight is 1010 g/mol. The molecular formula is C53H62F3N11O6. The van der Waals surface area contributed by atoms with E-state index in [4.69, 9.17) is 5.73 Å². The molecule has 2 aliphatic heterocycles. The van der Waals surface area contributed by atoms with Gasteiger partial charge in [0.1, 0.15) is 23.2 Å². The van der Waals surface area contributed by atoms with Gasteiger partial charge in [-0.3, -0.25) is 39.2 Å². The number of benzene rings is 2. The van der Waals surface area contributed by atoms with E-state index in [9.17, 15) is 41.9 Å². The molecule has 2 aliphatic rings. The minimum absolute atomic E-state index is 0.0108. The van der Waals surface area contributed by atoms with E-state index in [1.54, 1.807) is 23.2 Å². The molecule has 6 amide bonds. The lowest BCUT2D eigenvalue weighted by atomic mass is 9.91. The first-order valence-corrected chi connectivity index (χ1v) is 24.8. The van der Waals surface area contributed by atoms with Gasteiger partial charge >= 0.3 is 6.18 Å². The number of rotatable bonds is 21. The normalized spacial score (nSPS) is 15.2. The van der Waals surface area contributed by atoms with Gasteiger partial charge in [-0.2, -0.15) is 18.3 Å². The summed E-state index contributed by atoms with van der Waals surface area (Å²) < 4.78 is 39.3. The molecular weight excluding hydrogens is 944 g/mol. The molecule has 3 aromatic heterocycles. The Morgan fingerprint density at radius 3 is 2.44 bits per heavy atom. The van der Waals surface area contributed by atoms with Crippen molar-refractivity contribution in [2.24, 2.45) is 5.92 Å². The van der Waals surface area contributed by atoms with Crippen LogP contribution in [0.3, 0.4) is 0 Å². The number of likely N-dealkylation sites (tertiary alicyclic amines) is 2. The zero-order chi connectivity index (χ0) is 52.1. The monoisotopic (exact) mass is 1010 g/mol. The van der Waals surface area contributed by atoms with Crippen LogP contribution >= 0.6 is 0 Å². The molecule has 73 heavy (non-hydrogen) atoms. The van der Waals surface area contributed by atoms with Crippen molar-refractivity contribution >= 4 is 70.2 Å². The lowest BCUT2D eigenvalue weighted by Crippen LogP contribution is -2.46. The molecule has 0 saturated carbocycles. The van der Waals surface area contributed by atoms with Crippen molar-refractivity contribution in [2.45, 2.75) is 96.2 Å². The second kappa shape index (κ2) is 24.7. The minimum Gasteiger partial charge on any atom is -0.383 e. The number of nitrogen functional groups attached to an aromatic ring is 1. The fourth-order valence-corrected chi connectivity index (χ4v) is 9.46. The third-order valence-electron chi connectivity index (χ3n) is 13.6. The molecule has 6 N–H and O–H groups in total. The third kappa shape index (κ3) is 13.9. The molecule has 5 heterocycles. The van der Waals surface area contributed by atoms with Gasteiger partial charge in [-0.25, -0.2) is 9.97 Å². The number of aromatic amines is 1. The number of fused-ring (bicyclic) bond motifs is 1. The van der Waals surface area contributed by atoms with Gasteiger partial charge in [0.05, 0.1) is 16.6 Å². The van der Waals surface area contributed by atoms with Crippen molar-refractivity contribution in [3.63, 3.8) is 0 Å². The number of aromatic nitrogens is 4. The minimum atomic E-state index is -4.57. The van der Waals surface area contributed by atoms with E-state index < -0.39 is 23.7 Å². The topological polar surface area (TPSA) is 229 Å². The van der Waals surface area contributed by atoms with Crippen LogP contribution in [0.25, 0.3) is 28.2 Å². The highest BCUT2D eigenvalue weighted by atomic mass is 19.4. The Morgan fingerprint density at radius 1 is 0.918 bits per heavy atom. The van der Waals surface area contributed by atoms with Gasteiger partial charge in [-0.05, 0) is 113 Å². The Labute approximate surface area is 421 Å². The van der Waals surface area contributed by atoms with Gasteiger partial charge < -0.3 is 31.1 Å². The SMILES string of the molecule is Cc1ccc(C(=O)N2CCC(CCCC(=O)N3CCCC3C(=O)NCCCCC/C=C/c3cnc(N)c4c(-c5ccc(C(=O)Nc6cc(C(F)(F)F)ccn6)cc5)[nH]nc34)CC2)cc1N(C)CCC(=O)NC=O. The second-order valence-electron chi connectivity index (χ2n) is 18.7. The number of halogens is 3. The molecule has 1 atom stereocenters. The number of aryl methyl sites for hydroxylation is 1. The van der Waals surface area contributed by atoms with E-state index in [1.807, 2.05) is 54.1 Å². The van der Waals surface area contributed by atoms with Crippen LogP contribution in [0, 0.1) is 12.8 Å². The van der Waals surface area contributed by atoms with Crippen LogP contribution in [0.4, 0.5) is 30.5 Å². The molecule has 0 radical (unpaired) electrons. The van der Waals surface area contributed by atoms with E-state index in [2.05, 4.69) is 36.1 Å².